The predicted molar refractivity (Wildman–Crippen MR) is 90.6 cm³/mol. The van der Waals surface area contributed by atoms with Crippen molar-refractivity contribution in [2.45, 2.75) is 26.7 Å². The van der Waals surface area contributed by atoms with Crippen molar-refractivity contribution in [3.8, 4) is 0 Å². The molecule has 0 aromatic carbocycles. The summed E-state index contributed by atoms with van der Waals surface area (Å²) in [5.74, 6) is 0.746. The molecule has 0 atom stereocenters. The van der Waals surface area contributed by atoms with E-state index in [1.807, 2.05) is 6.07 Å². The summed E-state index contributed by atoms with van der Waals surface area (Å²) >= 11 is 8.77. The lowest BCUT2D eigenvalue weighted by Crippen LogP contribution is -2.27. The van der Waals surface area contributed by atoms with E-state index in [0.717, 1.165) is 42.9 Å². The van der Waals surface area contributed by atoms with Gasteiger partial charge in [0.25, 0.3) is 0 Å². The second-order valence-electron chi connectivity index (χ2n) is 4.74. The summed E-state index contributed by atoms with van der Waals surface area (Å²) in [6.45, 7) is 7.34. The lowest BCUT2D eigenvalue weighted by molar-refractivity contribution is 0.136. The summed E-state index contributed by atoms with van der Waals surface area (Å²) in [6.07, 6.45) is 3.84. The second-order valence-corrected chi connectivity index (χ2v) is 6.03. The van der Waals surface area contributed by atoms with Gasteiger partial charge in [-0.1, -0.05) is 25.6 Å². The molecule has 2 aromatic rings. The summed E-state index contributed by atoms with van der Waals surface area (Å²) in [5, 5.41) is 0. The Kier molecular flexibility index (Phi) is 6.26. The molecule has 0 bridgehead atoms. The molecule has 0 N–H and O–H groups in total. The molecule has 0 aliphatic carbocycles. The smallest absolute Gasteiger partial charge is 0.197 e. The molecule has 0 unspecified atom stereocenters. The van der Waals surface area contributed by atoms with Crippen LogP contribution in [0.5, 0.6) is 0 Å². The van der Waals surface area contributed by atoms with Gasteiger partial charge in [0, 0.05) is 25.8 Å². The van der Waals surface area contributed by atoms with Crippen LogP contribution in [-0.4, -0.2) is 26.3 Å². The van der Waals surface area contributed by atoms with E-state index in [4.69, 9.17) is 25.8 Å². The molecule has 2 aromatic heterocycles. The molecule has 116 valence electrons. The molecule has 6 heteroatoms. The third-order valence-electron chi connectivity index (χ3n) is 3.23. The number of furan rings is 1. The number of ether oxygens (including phenoxy) is 1. The normalized spacial score (nSPS) is 11.2. The third kappa shape index (κ3) is 4.08. The van der Waals surface area contributed by atoms with Crippen LogP contribution in [0.15, 0.2) is 25.6 Å². The minimum Gasteiger partial charge on any atom is -0.458 e. The number of rotatable bonds is 8. The molecule has 0 spiro atoms. The lowest BCUT2D eigenvalue weighted by Gasteiger charge is -2.21. The lowest BCUT2D eigenvalue weighted by atomic mass is 10.3. The van der Waals surface area contributed by atoms with Crippen molar-refractivity contribution >= 4 is 45.2 Å². The van der Waals surface area contributed by atoms with Crippen molar-refractivity contribution in [2.24, 2.45) is 0 Å². The maximum atomic E-state index is 5.91. The average Bonchev–Trinajstić information content (AvgIpc) is 2.85. The van der Waals surface area contributed by atoms with Crippen LogP contribution in [0.1, 0.15) is 26.7 Å². The van der Waals surface area contributed by atoms with Crippen molar-refractivity contribution in [2.75, 3.05) is 31.2 Å². The maximum Gasteiger partial charge on any atom is 0.197 e. The fraction of sp³-hybridized carbons (Fsp3) is 0.533. The standard InChI is InChI=1S/C15H20BrNO3S/c1-3-5-7-18-8-6-17(4-2)13-9-12(21)15-14(20-13)11(16)10-19-15/h9-10H,3-8H2,1-2H3. The van der Waals surface area contributed by atoms with Crippen molar-refractivity contribution < 1.29 is 13.6 Å². The van der Waals surface area contributed by atoms with Crippen molar-refractivity contribution in [1.29, 1.82) is 0 Å². The van der Waals surface area contributed by atoms with E-state index < -0.39 is 0 Å². The van der Waals surface area contributed by atoms with Crippen molar-refractivity contribution in [1.82, 2.24) is 0 Å². The zero-order valence-corrected chi connectivity index (χ0v) is 14.8. The van der Waals surface area contributed by atoms with Gasteiger partial charge in [-0.25, -0.2) is 0 Å². The molecule has 2 heterocycles. The largest absolute Gasteiger partial charge is 0.458 e. The monoisotopic (exact) mass is 373 g/mol. The Morgan fingerprint density at radius 3 is 2.81 bits per heavy atom. The molecule has 0 aliphatic rings. The van der Waals surface area contributed by atoms with E-state index in [1.165, 1.54) is 0 Å². The number of likely N-dealkylation sites (N-methyl/N-ethyl adjacent to an activating group) is 1. The number of unbranched alkanes of at least 4 members (excludes halogenated alkanes) is 1. The molecule has 0 aliphatic heterocycles. The van der Waals surface area contributed by atoms with E-state index in [-0.39, 0.29) is 0 Å². The highest BCUT2D eigenvalue weighted by atomic mass is 79.9. The van der Waals surface area contributed by atoms with E-state index in [9.17, 15) is 0 Å². The number of hydrogen-bond acceptors (Lipinski definition) is 5. The van der Waals surface area contributed by atoms with E-state index >= 15 is 0 Å². The van der Waals surface area contributed by atoms with Gasteiger partial charge >= 0.3 is 0 Å². The zero-order valence-electron chi connectivity index (χ0n) is 12.4. The minimum atomic E-state index is 0.607. The first-order chi connectivity index (χ1) is 10.2. The van der Waals surface area contributed by atoms with Gasteiger partial charge < -0.3 is 18.5 Å². The Morgan fingerprint density at radius 2 is 2.10 bits per heavy atom. The van der Waals surface area contributed by atoms with Crippen LogP contribution < -0.4 is 4.90 Å². The number of halogens is 1. The molecule has 0 saturated carbocycles. The third-order valence-corrected chi connectivity index (χ3v) is 4.08. The first-order valence-corrected chi connectivity index (χ1v) is 8.41. The van der Waals surface area contributed by atoms with Crippen LogP contribution >= 0.6 is 28.1 Å². The Labute approximate surface area is 138 Å². The summed E-state index contributed by atoms with van der Waals surface area (Å²) in [5.41, 5.74) is 1.26. The van der Waals surface area contributed by atoms with Crippen molar-refractivity contribution in [3.63, 3.8) is 0 Å². The van der Waals surface area contributed by atoms with Gasteiger partial charge in [0.2, 0.25) is 0 Å². The predicted octanol–water partition coefficient (Wildman–Crippen LogP) is 5.16. The van der Waals surface area contributed by atoms with E-state index in [1.54, 1.807) is 6.26 Å². The van der Waals surface area contributed by atoms with Crippen molar-refractivity contribution in [3.05, 3.63) is 21.3 Å². The van der Waals surface area contributed by atoms with Crippen LogP contribution in [-0.2, 0) is 4.74 Å². The SMILES string of the molecule is CCCCOCCN(CC)c1cc(=S)c2occ(Br)c2o1. The fourth-order valence-corrected chi connectivity index (χ4v) is 2.60. The number of anilines is 1. The topological polar surface area (TPSA) is 38.8 Å². The Balaban J connectivity index is 2.10. The maximum absolute atomic E-state index is 5.91. The Hall–Kier alpha value is -0.850. The molecule has 4 nitrogen and oxygen atoms in total. The van der Waals surface area contributed by atoms with E-state index in [2.05, 4.69) is 34.7 Å². The van der Waals surface area contributed by atoms with Gasteiger partial charge in [-0.3, -0.25) is 0 Å². The number of nitrogens with zero attached hydrogens (tertiary/aromatic N) is 1. The van der Waals surface area contributed by atoms with Crippen LogP contribution in [0.4, 0.5) is 5.88 Å². The van der Waals surface area contributed by atoms with Gasteiger partial charge in [0.05, 0.1) is 15.6 Å². The first kappa shape index (κ1) is 16.5. The minimum absolute atomic E-state index is 0.607. The number of fused-ring (bicyclic) bond motifs is 1. The highest BCUT2D eigenvalue weighted by Crippen LogP contribution is 2.31. The van der Waals surface area contributed by atoms with Gasteiger partial charge in [-0.05, 0) is 29.3 Å². The summed E-state index contributed by atoms with van der Waals surface area (Å²) in [4.78, 5) is 2.11. The van der Waals surface area contributed by atoms with Gasteiger partial charge in [0.15, 0.2) is 17.1 Å². The molecule has 0 fully saturated rings. The summed E-state index contributed by atoms with van der Waals surface area (Å²) < 4.78 is 18.3. The van der Waals surface area contributed by atoms with E-state index in [0.29, 0.717) is 22.3 Å². The quantitative estimate of drug-likeness (QED) is 0.471. The number of hydrogen-bond donors (Lipinski definition) is 0. The molecule has 2 rings (SSSR count). The molecule has 21 heavy (non-hydrogen) atoms. The summed E-state index contributed by atoms with van der Waals surface area (Å²) in [7, 11) is 0. The van der Waals surface area contributed by atoms with Gasteiger partial charge in [-0.2, -0.15) is 0 Å². The molecular weight excluding hydrogens is 354 g/mol. The van der Waals surface area contributed by atoms with Crippen LogP contribution in [0.3, 0.4) is 0 Å². The van der Waals surface area contributed by atoms with Gasteiger partial charge in [-0.15, -0.1) is 0 Å². The van der Waals surface area contributed by atoms with Gasteiger partial charge in [0.1, 0.15) is 6.26 Å². The molecule has 0 amide bonds. The first-order valence-electron chi connectivity index (χ1n) is 7.20. The van der Waals surface area contributed by atoms with Crippen LogP contribution in [0, 0.1) is 4.51 Å². The highest BCUT2D eigenvalue weighted by Gasteiger charge is 2.13. The highest BCUT2D eigenvalue weighted by molar-refractivity contribution is 9.10. The Bertz CT molecular complexity index is 637. The fourth-order valence-electron chi connectivity index (χ4n) is 2.01. The van der Waals surface area contributed by atoms with Crippen LogP contribution in [0.25, 0.3) is 11.2 Å². The van der Waals surface area contributed by atoms with Crippen LogP contribution in [0.2, 0.25) is 0 Å². The average molecular weight is 374 g/mol. The zero-order chi connectivity index (χ0) is 15.2. The molecular formula is C15H20BrNO3S. The summed E-state index contributed by atoms with van der Waals surface area (Å²) in [6, 6.07) is 1.84. The molecule has 0 saturated heterocycles. The Morgan fingerprint density at radius 1 is 1.29 bits per heavy atom. The second kappa shape index (κ2) is 7.96. The molecule has 0 radical (unpaired) electrons.